The zero-order chi connectivity index (χ0) is 22.3. The predicted molar refractivity (Wildman–Crippen MR) is 133 cm³/mol. The minimum Gasteiger partial charge on any atom is -0.374 e. The highest BCUT2D eigenvalue weighted by Crippen LogP contribution is 2.21. The Bertz CT molecular complexity index is 365. The molecule has 0 bridgehead atoms. The van der Waals surface area contributed by atoms with Crippen LogP contribution in [-0.4, -0.2) is 39.5 Å². The van der Waals surface area contributed by atoms with Gasteiger partial charge in [-0.15, -0.1) is 0 Å². The monoisotopic (exact) mass is 462 g/mol. The van der Waals surface area contributed by atoms with Gasteiger partial charge in [0.1, 0.15) is 0 Å². The van der Waals surface area contributed by atoms with Crippen molar-refractivity contribution >= 4 is 25.7 Å². The zero-order valence-corrected chi connectivity index (χ0v) is 22.3. The molecular formula is C24H50O4SSi. The first-order chi connectivity index (χ1) is 14.6. The van der Waals surface area contributed by atoms with Crippen molar-refractivity contribution in [3.8, 4) is 0 Å². The molecule has 0 fully saturated rings. The van der Waals surface area contributed by atoms with E-state index in [1.807, 2.05) is 20.8 Å². The van der Waals surface area contributed by atoms with E-state index in [1.54, 1.807) is 0 Å². The van der Waals surface area contributed by atoms with Gasteiger partial charge in [-0.25, -0.2) is 0 Å². The summed E-state index contributed by atoms with van der Waals surface area (Å²) in [5.74, 6) is 0.726. The molecule has 180 valence electrons. The summed E-state index contributed by atoms with van der Waals surface area (Å²) in [7, 11) is -2.61. The Morgan fingerprint density at radius 3 is 1.43 bits per heavy atom. The maximum absolute atomic E-state index is 12.2. The lowest BCUT2D eigenvalue weighted by atomic mass is 10.0. The van der Waals surface area contributed by atoms with E-state index >= 15 is 0 Å². The van der Waals surface area contributed by atoms with Crippen LogP contribution < -0.4 is 0 Å². The smallest absolute Gasteiger partial charge is 0.374 e. The highest BCUT2D eigenvalue weighted by atomic mass is 32.2. The summed E-state index contributed by atoms with van der Waals surface area (Å²) in [4.78, 5) is 12.2. The summed E-state index contributed by atoms with van der Waals surface area (Å²) >= 11 is 1.42. The van der Waals surface area contributed by atoms with Gasteiger partial charge in [-0.3, -0.25) is 4.79 Å². The summed E-state index contributed by atoms with van der Waals surface area (Å²) < 4.78 is 17.5. The Balaban J connectivity index is 3.62. The van der Waals surface area contributed by atoms with Crippen molar-refractivity contribution in [3.63, 3.8) is 0 Å². The van der Waals surface area contributed by atoms with Gasteiger partial charge in [0.05, 0.1) is 0 Å². The highest BCUT2D eigenvalue weighted by molar-refractivity contribution is 8.13. The van der Waals surface area contributed by atoms with Gasteiger partial charge in [0.2, 0.25) is 0 Å². The van der Waals surface area contributed by atoms with Gasteiger partial charge in [0, 0.05) is 38.0 Å². The molecule has 0 aromatic carbocycles. The third kappa shape index (κ3) is 17.8. The van der Waals surface area contributed by atoms with Gasteiger partial charge >= 0.3 is 8.80 Å². The normalized spacial score (nSPS) is 11.9. The molecule has 0 N–H and O–H groups in total. The molecule has 0 radical (unpaired) electrons. The summed E-state index contributed by atoms with van der Waals surface area (Å²) in [6.07, 6.45) is 18.0. The van der Waals surface area contributed by atoms with Crippen molar-refractivity contribution in [3.05, 3.63) is 0 Å². The average Bonchev–Trinajstić information content (AvgIpc) is 2.72. The lowest BCUT2D eigenvalue weighted by Gasteiger charge is -2.28. The zero-order valence-electron chi connectivity index (χ0n) is 20.5. The van der Waals surface area contributed by atoms with E-state index in [9.17, 15) is 4.79 Å². The second-order valence-corrected chi connectivity index (χ2v) is 11.8. The van der Waals surface area contributed by atoms with Gasteiger partial charge in [0.15, 0.2) is 5.12 Å². The lowest BCUT2D eigenvalue weighted by Crippen LogP contribution is -2.46. The molecular weight excluding hydrogens is 412 g/mol. The minimum atomic E-state index is -2.61. The maximum Gasteiger partial charge on any atom is 0.501 e. The van der Waals surface area contributed by atoms with Crippen LogP contribution in [0.15, 0.2) is 0 Å². The Kier molecular flexibility index (Phi) is 22.4. The molecule has 0 heterocycles. The highest BCUT2D eigenvalue weighted by Gasteiger charge is 2.39. The minimum absolute atomic E-state index is 0.297. The van der Waals surface area contributed by atoms with Gasteiger partial charge in [-0.2, -0.15) is 0 Å². The number of unbranched alkanes of at least 4 members (excludes halogenated alkanes) is 12. The molecule has 0 aliphatic rings. The summed E-state index contributed by atoms with van der Waals surface area (Å²) in [6.45, 7) is 9.93. The summed E-state index contributed by atoms with van der Waals surface area (Å²) in [5, 5.41) is 0.297. The van der Waals surface area contributed by atoms with Crippen molar-refractivity contribution in [2.75, 3.05) is 25.6 Å². The molecule has 4 nitrogen and oxygen atoms in total. The molecule has 0 saturated carbocycles. The fraction of sp³-hybridized carbons (Fsp3) is 0.958. The molecule has 0 atom stereocenters. The second kappa shape index (κ2) is 22.3. The first-order valence-electron chi connectivity index (χ1n) is 12.7. The lowest BCUT2D eigenvalue weighted by molar-refractivity contribution is -0.111. The Morgan fingerprint density at radius 1 is 0.633 bits per heavy atom. The first kappa shape index (κ1) is 30.1. The standard InChI is InChI=1S/C24H50O4SSi/c1-5-9-10-11-12-13-14-15-16-17-18-19-20-21-24(25)29-22-23-30(26-6-2,27-7-3)28-8-4/h5-23H2,1-4H3. The topological polar surface area (TPSA) is 44.8 Å². The number of rotatable bonds is 23. The Hall–Kier alpha value is 0.117. The fourth-order valence-corrected chi connectivity index (χ4v) is 7.58. The number of hydrogen-bond donors (Lipinski definition) is 0. The molecule has 0 aliphatic carbocycles. The van der Waals surface area contributed by atoms with Crippen molar-refractivity contribution < 1.29 is 18.1 Å². The number of carbonyl (C=O) groups excluding carboxylic acids is 1. The van der Waals surface area contributed by atoms with Crippen molar-refractivity contribution in [2.45, 2.75) is 124 Å². The van der Waals surface area contributed by atoms with Crippen LogP contribution in [0.1, 0.15) is 118 Å². The quantitative estimate of drug-likeness (QED) is 0.115. The van der Waals surface area contributed by atoms with Crippen molar-refractivity contribution in [2.24, 2.45) is 0 Å². The van der Waals surface area contributed by atoms with E-state index in [0.717, 1.165) is 12.2 Å². The molecule has 6 heteroatoms. The Morgan fingerprint density at radius 2 is 1.03 bits per heavy atom. The van der Waals surface area contributed by atoms with E-state index in [2.05, 4.69) is 6.92 Å². The van der Waals surface area contributed by atoms with E-state index in [-0.39, 0.29) is 0 Å². The number of thioether (sulfide) groups is 1. The van der Waals surface area contributed by atoms with Crippen molar-refractivity contribution in [1.29, 1.82) is 0 Å². The predicted octanol–water partition coefficient (Wildman–Crippen LogP) is 7.78. The molecule has 30 heavy (non-hydrogen) atoms. The average molecular weight is 463 g/mol. The van der Waals surface area contributed by atoms with Gasteiger partial charge in [0.25, 0.3) is 0 Å². The van der Waals surface area contributed by atoms with E-state index in [4.69, 9.17) is 13.3 Å². The van der Waals surface area contributed by atoms with Crippen LogP contribution in [0, 0.1) is 0 Å². The molecule has 0 unspecified atom stereocenters. The summed E-state index contributed by atoms with van der Waals surface area (Å²) in [5.41, 5.74) is 0. The fourth-order valence-electron chi connectivity index (χ4n) is 3.65. The van der Waals surface area contributed by atoms with Crippen LogP contribution in [0.25, 0.3) is 0 Å². The molecule has 0 spiro atoms. The number of hydrogen-bond acceptors (Lipinski definition) is 5. The van der Waals surface area contributed by atoms with Gasteiger partial charge in [-0.05, 0) is 27.2 Å². The van der Waals surface area contributed by atoms with Crippen molar-refractivity contribution in [1.82, 2.24) is 0 Å². The molecule has 0 aromatic rings. The largest absolute Gasteiger partial charge is 0.501 e. The van der Waals surface area contributed by atoms with Crippen LogP contribution >= 0.6 is 11.8 Å². The molecule has 0 rings (SSSR count). The van der Waals surface area contributed by atoms with E-state index < -0.39 is 8.80 Å². The van der Waals surface area contributed by atoms with Gasteiger partial charge < -0.3 is 13.3 Å². The second-order valence-electron chi connectivity index (χ2n) is 7.95. The van der Waals surface area contributed by atoms with Crippen LogP contribution in [0.5, 0.6) is 0 Å². The first-order valence-corrected chi connectivity index (χ1v) is 15.6. The maximum atomic E-state index is 12.2. The SMILES string of the molecule is CCCCCCCCCCCCCCCC(=O)SCC[Si](OCC)(OCC)OCC. The van der Waals surface area contributed by atoms with Crippen LogP contribution in [0.3, 0.4) is 0 Å². The third-order valence-corrected chi connectivity index (χ3v) is 9.59. The van der Waals surface area contributed by atoms with E-state index in [1.165, 1.54) is 88.8 Å². The third-order valence-electron chi connectivity index (χ3n) is 5.25. The number of carbonyl (C=O) groups is 1. The van der Waals surface area contributed by atoms with Gasteiger partial charge in [-0.1, -0.05) is 95.7 Å². The van der Waals surface area contributed by atoms with E-state index in [0.29, 0.717) is 37.4 Å². The van der Waals surface area contributed by atoms with Crippen LogP contribution in [-0.2, 0) is 18.1 Å². The molecule has 0 aliphatic heterocycles. The van der Waals surface area contributed by atoms with Crippen LogP contribution in [0.4, 0.5) is 0 Å². The summed E-state index contributed by atoms with van der Waals surface area (Å²) in [6, 6.07) is 0.706. The Labute approximate surface area is 193 Å². The van der Waals surface area contributed by atoms with Crippen LogP contribution in [0.2, 0.25) is 6.04 Å². The molecule has 0 aromatic heterocycles. The molecule has 0 amide bonds. The molecule has 0 saturated heterocycles.